The highest BCUT2D eigenvalue weighted by Gasteiger charge is 2.47. The molecule has 0 bridgehead atoms. The molecular formula is C33H41FN4O7. The SMILES string of the molecule is C=CCN1CC(C(=O)N[C@@H](Cc2cc(O)cc(F)c2)[C@H](O)[C@H]2C(=O)N(Cc3ccccc3)CCN2C(=O)OC(C)(C)C)CC1=O. The second-order valence-electron chi connectivity index (χ2n) is 12.5. The lowest BCUT2D eigenvalue weighted by Crippen LogP contribution is -2.66. The van der Waals surface area contributed by atoms with Crippen LogP contribution in [0.3, 0.4) is 0 Å². The van der Waals surface area contributed by atoms with Gasteiger partial charge in [0.05, 0.1) is 12.0 Å². The Labute approximate surface area is 262 Å². The molecule has 0 aliphatic carbocycles. The summed E-state index contributed by atoms with van der Waals surface area (Å²) in [5.41, 5.74) is 0.191. The molecule has 2 aromatic rings. The quantitative estimate of drug-likeness (QED) is 0.346. The summed E-state index contributed by atoms with van der Waals surface area (Å²) in [6, 6.07) is 9.91. The Hall–Kier alpha value is -4.45. The molecule has 4 amide bonds. The lowest BCUT2D eigenvalue weighted by Gasteiger charge is -2.44. The van der Waals surface area contributed by atoms with E-state index in [1.807, 2.05) is 30.3 Å². The minimum absolute atomic E-state index is 0.0459. The molecule has 2 aliphatic heterocycles. The standard InChI is InChI=1S/C33H41FN4O7/c1-5-11-36-20-23(17-27(36)40)30(42)35-26(16-22-14-24(34)18-25(39)15-22)29(41)28-31(43)37(19-21-9-7-6-8-10-21)12-13-38(28)32(44)45-33(2,3)4/h5-10,14-15,18,23,26,28-29,39,41H,1,11-13,16-17,19-20H2,2-4H3,(H,35,42)/t23?,26-,28-,29-/m0/s1. The molecule has 1 unspecified atom stereocenters. The van der Waals surface area contributed by atoms with Crippen molar-refractivity contribution in [2.75, 3.05) is 26.2 Å². The Bertz CT molecular complexity index is 1390. The molecule has 2 fully saturated rings. The third-order valence-electron chi connectivity index (χ3n) is 7.75. The highest BCUT2D eigenvalue weighted by molar-refractivity contribution is 5.90. The summed E-state index contributed by atoms with van der Waals surface area (Å²) in [7, 11) is 0. The summed E-state index contributed by atoms with van der Waals surface area (Å²) in [5, 5.41) is 24.7. The Morgan fingerprint density at radius 3 is 2.47 bits per heavy atom. The fraction of sp³-hybridized carbons (Fsp3) is 0.455. The van der Waals surface area contributed by atoms with Gasteiger partial charge in [0, 0.05) is 45.2 Å². The number of aromatic hydroxyl groups is 1. The fourth-order valence-corrected chi connectivity index (χ4v) is 5.68. The Morgan fingerprint density at radius 2 is 1.82 bits per heavy atom. The molecule has 4 rings (SSSR count). The average Bonchev–Trinajstić information content (AvgIpc) is 3.32. The first-order valence-corrected chi connectivity index (χ1v) is 14.9. The van der Waals surface area contributed by atoms with Crippen molar-refractivity contribution in [1.82, 2.24) is 20.0 Å². The second-order valence-corrected chi connectivity index (χ2v) is 12.5. The molecule has 4 atom stereocenters. The summed E-state index contributed by atoms with van der Waals surface area (Å²) in [5.74, 6) is -3.16. The maximum atomic E-state index is 14.3. The van der Waals surface area contributed by atoms with E-state index in [9.17, 15) is 33.8 Å². The van der Waals surface area contributed by atoms with E-state index < -0.39 is 53.4 Å². The number of rotatable bonds is 10. The molecule has 2 saturated heterocycles. The number of piperazine rings is 1. The van der Waals surface area contributed by atoms with E-state index in [1.54, 1.807) is 26.8 Å². The molecule has 11 nitrogen and oxygen atoms in total. The van der Waals surface area contributed by atoms with E-state index in [4.69, 9.17) is 4.74 Å². The summed E-state index contributed by atoms with van der Waals surface area (Å²) < 4.78 is 19.8. The molecule has 3 N–H and O–H groups in total. The molecule has 2 heterocycles. The molecule has 242 valence electrons. The number of carbonyl (C=O) groups is 4. The van der Waals surface area contributed by atoms with Gasteiger partial charge in [-0.1, -0.05) is 36.4 Å². The number of hydrogen-bond acceptors (Lipinski definition) is 7. The van der Waals surface area contributed by atoms with E-state index in [1.165, 1.54) is 15.9 Å². The number of ether oxygens (including phenoxy) is 1. The van der Waals surface area contributed by atoms with Gasteiger partial charge in [-0.25, -0.2) is 9.18 Å². The number of aliphatic hydroxyl groups excluding tert-OH is 1. The Kier molecular flexibility index (Phi) is 10.5. The van der Waals surface area contributed by atoms with Crippen molar-refractivity contribution in [1.29, 1.82) is 0 Å². The molecule has 2 aliphatic rings. The zero-order valence-electron chi connectivity index (χ0n) is 25.8. The molecule has 2 aromatic carbocycles. The smallest absolute Gasteiger partial charge is 0.411 e. The number of nitrogens with zero attached hydrogens (tertiary/aromatic N) is 3. The van der Waals surface area contributed by atoms with Gasteiger partial charge in [0.2, 0.25) is 17.7 Å². The number of aliphatic hydroxyl groups is 1. The Balaban J connectivity index is 1.67. The van der Waals surface area contributed by atoms with E-state index in [2.05, 4.69) is 11.9 Å². The van der Waals surface area contributed by atoms with Crippen LogP contribution in [0.2, 0.25) is 0 Å². The van der Waals surface area contributed by atoms with Gasteiger partial charge in [0.1, 0.15) is 29.3 Å². The molecular weight excluding hydrogens is 583 g/mol. The molecule has 0 aromatic heterocycles. The van der Waals surface area contributed by atoms with E-state index in [0.29, 0.717) is 0 Å². The second kappa shape index (κ2) is 14.1. The maximum Gasteiger partial charge on any atom is 0.411 e. The Morgan fingerprint density at radius 1 is 1.11 bits per heavy atom. The van der Waals surface area contributed by atoms with Crippen molar-refractivity contribution in [3.8, 4) is 5.75 Å². The van der Waals surface area contributed by atoms with Crippen molar-refractivity contribution in [2.45, 2.75) is 63.9 Å². The third kappa shape index (κ3) is 8.59. The monoisotopic (exact) mass is 624 g/mol. The van der Waals surface area contributed by atoms with Crippen LogP contribution in [0.1, 0.15) is 38.3 Å². The lowest BCUT2D eigenvalue weighted by atomic mass is 9.92. The van der Waals surface area contributed by atoms with Crippen LogP contribution in [0.4, 0.5) is 9.18 Å². The van der Waals surface area contributed by atoms with Crippen LogP contribution in [0, 0.1) is 11.7 Å². The number of phenolic OH excluding ortho intramolecular Hbond substituents is 1. The van der Waals surface area contributed by atoms with Crippen LogP contribution in [-0.4, -0.2) is 98.7 Å². The van der Waals surface area contributed by atoms with E-state index in [-0.39, 0.29) is 62.8 Å². The van der Waals surface area contributed by atoms with Crippen molar-refractivity contribution in [3.05, 3.63) is 78.1 Å². The molecule has 12 heteroatoms. The predicted octanol–water partition coefficient (Wildman–Crippen LogP) is 2.60. The van der Waals surface area contributed by atoms with Gasteiger partial charge in [-0.05, 0) is 50.5 Å². The number of phenols is 1. The molecule has 0 radical (unpaired) electrons. The van der Waals surface area contributed by atoms with Gasteiger partial charge in [-0.2, -0.15) is 0 Å². The number of carbonyl (C=O) groups excluding carboxylic acids is 4. The number of amides is 4. The first-order valence-electron chi connectivity index (χ1n) is 14.9. The van der Waals surface area contributed by atoms with E-state index in [0.717, 1.165) is 22.6 Å². The number of hydrogen-bond donors (Lipinski definition) is 3. The summed E-state index contributed by atoms with van der Waals surface area (Å²) >= 11 is 0. The normalized spacial score (nSPS) is 20.2. The van der Waals surface area contributed by atoms with Gasteiger partial charge >= 0.3 is 6.09 Å². The number of halogens is 1. The van der Waals surface area contributed by atoms with Gasteiger partial charge in [-0.3, -0.25) is 19.3 Å². The van der Waals surface area contributed by atoms with Crippen molar-refractivity contribution in [3.63, 3.8) is 0 Å². The van der Waals surface area contributed by atoms with Gasteiger partial charge in [0.25, 0.3) is 0 Å². The molecule has 0 saturated carbocycles. The number of benzene rings is 2. The predicted molar refractivity (Wildman–Crippen MR) is 163 cm³/mol. The fourth-order valence-electron chi connectivity index (χ4n) is 5.68. The van der Waals surface area contributed by atoms with Gasteiger partial charge < -0.3 is 30.1 Å². The third-order valence-corrected chi connectivity index (χ3v) is 7.75. The summed E-state index contributed by atoms with van der Waals surface area (Å²) in [6.07, 6.45) is -1.18. The summed E-state index contributed by atoms with van der Waals surface area (Å²) in [4.78, 5) is 57.6. The van der Waals surface area contributed by atoms with E-state index >= 15 is 0 Å². The van der Waals surface area contributed by atoms with Crippen LogP contribution < -0.4 is 5.32 Å². The molecule has 0 spiro atoms. The number of likely N-dealkylation sites (tertiary alicyclic amines) is 1. The first kappa shape index (κ1) is 33.4. The van der Waals surface area contributed by atoms with Gasteiger partial charge in [-0.15, -0.1) is 6.58 Å². The zero-order valence-corrected chi connectivity index (χ0v) is 25.8. The molecule has 45 heavy (non-hydrogen) atoms. The lowest BCUT2D eigenvalue weighted by molar-refractivity contribution is -0.149. The average molecular weight is 625 g/mol. The highest BCUT2D eigenvalue weighted by atomic mass is 19.1. The van der Waals surface area contributed by atoms with Gasteiger partial charge in [0.15, 0.2) is 0 Å². The highest BCUT2D eigenvalue weighted by Crippen LogP contribution is 2.26. The van der Waals surface area contributed by atoms with Crippen molar-refractivity contribution < 1.29 is 38.5 Å². The summed E-state index contributed by atoms with van der Waals surface area (Å²) in [6.45, 7) is 9.54. The van der Waals surface area contributed by atoms with Crippen LogP contribution in [0.5, 0.6) is 5.75 Å². The van der Waals surface area contributed by atoms with Crippen LogP contribution >= 0.6 is 0 Å². The maximum absolute atomic E-state index is 14.3. The van der Waals surface area contributed by atoms with Crippen molar-refractivity contribution >= 4 is 23.8 Å². The number of nitrogens with one attached hydrogen (secondary N) is 1. The van der Waals surface area contributed by atoms with Crippen LogP contribution in [0.15, 0.2) is 61.2 Å². The van der Waals surface area contributed by atoms with Crippen LogP contribution in [-0.2, 0) is 32.1 Å². The van der Waals surface area contributed by atoms with Crippen LogP contribution in [0.25, 0.3) is 0 Å². The largest absolute Gasteiger partial charge is 0.508 e. The first-order chi connectivity index (χ1) is 21.3. The van der Waals surface area contributed by atoms with Crippen molar-refractivity contribution in [2.24, 2.45) is 5.92 Å². The topological polar surface area (TPSA) is 140 Å². The zero-order chi connectivity index (χ0) is 32.9. The minimum atomic E-state index is -1.68. The minimum Gasteiger partial charge on any atom is -0.508 e.